The smallest absolute Gasteiger partial charge is 0.158 e. The fourth-order valence-electron chi connectivity index (χ4n) is 1.33. The second-order valence-electron chi connectivity index (χ2n) is 3.07. The lowest BCUT2D eigenvalue weighted by Crippen LogP contribution is -1.76. The summed E-state index contributed by atoms with van der Waals surface area (Å²) < 4.78 is 0. The van der Waals surface area contributed by atoms with E-state index in [1.54, 1.807) is 12.1 Å². The van der Waals surface area contributed by atoms with Crippen LogP contribution in [0, 0.1) is 0 Å². The lowest BCUT2D eigenvalue weighted by atomic mass is 10.1. The Morgan fingerprint density at radius 2 is 1.36 bits per heavy atom. The second kappa shape index (κ2) is 3.42. The van der Waals surface area contributed by atoms with E-state index in [-0.39, 0.29) is 11.5 Å². The van der Waals surface area contributed by atoms with E-state index in [0.717, 1.165) is 11.1 Å². The van der Waals surface area contributed by atoms with Crippen molar-refractivity contribution in [3.8, 4) is 22.6 Å². The number of aromatic hydroxyl groups is 2. The van der Waals surface area contributed by atoms with Crippen LogP contribution >= 0.6 is 0 Å². The van der Waals surface area contributed by atoms with Gasteiger partial charge < -0.3 is 10.2 Å². The zero-order chi connectivity index (χ0) is 9.97. The van der Waals surface area contributed by atoms with Crippen molar-refractivity contribution < 1.29 is 10.2 Å². The molecule has 0 heterocycles. The van der Waals surface area contributed by atoms with Crippen LogP contribution in [0.3, 0.4) is 0 Å². The van der Waals surface area contributed by atoms with Crippen LogP contribution in [0.4, 0.5) is 0 Å². The van der Waals surface area contributed by atoms with Crippen LogP contribution in [0.5, 0.6) is 11.5 Å². The standard InChI is InChI=1S/C12H10O2/c13-11-7-6-10(8-12(11)14)9-4-2-1-3-5-9/h1-8,13-14H. The van der Waals surface area contributed by atoms with Crippen molar-refractivity contribution >= 4 is 0 Å². The Morgan fingerprint density at radius 3 is 2.00 bits per heavy atom. The molecule has 0 bridgehead atoms. The van der Waals surface area contributed by atoms with E-state index >= 15 is 0 Å². The molecule has 0 fully saturated rings. The Hall–Kier alpha value is -1.96. The van der Waals surface area contributed by atoms with Crippen molar-refractivity contribution in [2.75, 3.05) is 0 Å². The lowest BCUT2D eigenvalue weighted by Gasteiger charge is -2.02. The molecule has 0 spiro atoms. The van der Waals surface area contributed by atoms with Gasteiger partial charge in [-0.15, -0.1) is 0 Å². The monoisotopic (exact) mass is 186 g/mol. The first-order chi connectivity index (χ1) is 6.77. The number of benzene rings is 2. The molecule has 0 aliphatic heterocycles. The number of rotatable bonds is 1. The van der Waals surface area contributed by atoms with Gasteiger partial charge in [0, 0.05) is 0 Å². The Morgan fingerprint density at radius 1 is 0.643 bits per heavy atom. The zero-order valence-electron chi connectivity index (χ0n) is 7.51. The Kier molecular flexibility index (Phi) is 2.11. The summed E-state index contributed by atoms with van der Waals surface area (Å²) in [5.74, 6) is -0.184. The van der Waals surface area contributed by atoms with Gasteiger partial charge in [-0.3, -0.25) is 0 Å². The number of hydrogen-bond acceptors (Lipinski definition) is 2. The highest BCUT2D eigenvalue weighted by Crippen LogP contribution is 2.30. The summed E-state index contributed by atoms with van der Waals surface area (Å²) in [4.78, 5) is 0. The molecular weight excluding hydrogens is 176 g/mol. The molecule has 0 unspecified atom stereocenters. The van der Waals surface area contributed by atoms with Crippen LogP contribution in [0.2, 0.25) is 0 Å². The van der Waals surface area contributed by atoms with Crippen LogP contribution in [0.1, 0.15) is 0 Å². The SMILES string of the molecule is Oc1ccc(-c2ccccc2)cc1O. The summed E-state index contributed by atoms with van der Waals surface area (Å²) in [7, 11) is 0. The normalized spacial score (nSPS) is 10.0. The quantitative estimate of drug-likeness (QED) is 0.672. The third kappa shape index (κ3) is 1.55. The first-order valence-electron chi connectivity index (χ1n) is 4.35. The maximum absolute atomic E-state index is 9.31. The van der Waals surface area contributed by atoms with E-state index in [2.05, 4.69) is 0 Å². The van der Waals surface area contributed by atoms with E-state index in [0.29, 0.717) is 0 Å². The number of hydrogen-bond donors (Lipinski definition) is 2. The predicted octanol–water partition coefficient (Wildman–Crippen LogP) is 2.76. The largest absolute Gasteiger partial charge is 0.504 e. The van der Waals surface area contributed by atoms with Gasteiger partial charge in [-0.05, 0) is 23.3 Å². The molecule has 0 saturated carbocycles. The van der Waals surface area contributed by atoms with Crippen LogP contribution in [0.15, 0.2) is 48.5 Å². The first-order valence-corrected chi connectivity index (χ1v) is 4.35. The molecule has 0 aliphatic rings. The summed E-state index contributed by atoms with van der Waals surface area (Å²) >= 11 is 0. The fourth-order valence-corrected chi connectivity index (χ4v) is 1.33. The van der Waals surface area contributed by atoms with Gasteiger partial charge in [-0.2, -0.15) is 0 Å². The summed E-state index contributed by atoms with van der Waals surface area (Å²) in [6.45, 7) is 0. The van der Waals surface area contributed by atoms with Gasteiger partial charge in [0.05, 0.1) is 0 Å². The summed E-state index contributed by atoms with van der Waals surface area (Å²) in [5.41, 5.74) is 1.91. The molecule has 2 rings (SSSR count). The lowest BCUT2D eigenvalue weighted by molar-refractivity contribution is 0.404. The maximum atomic E-state index is 9.31. The van der Waals surface area contributed by atoms with Gasteiger partial charge >= 0.3 is 0 Å². The van der Waals surface area contributed by atoms with E-state index in [4.69, 9.17) is 5.11 Å². The molecule has 70 valence electrons. The molecule has 2 nitrogen and oxygen atoms in total. The van der Waals surface area contributed by atoms with Gasteiger partial charge in [0.25, 0.3) is 0 Å². The second-order valence-corrected chi connectivity index (χ2v) is 3.07. The molecule has 2 N–H and O–H groups in total. The van der Waals surface area contributed by atoms with E-state index in [1.165, 1.54) is 6.07 Å². The van der Waals surface area contributed by atoms with E-state index in [1.807, 2.05) is 30.3 Å². The van der Waals surface area contributed by atoms with Gasteiger partial charge in [-0.1, -0.05) is 36.4 Å². The first kappa shape index (κ1) is 8.63. The average molecular weight is 186 g/mol. The number of phenols is 2. The van der Waals surface area contributed by atoms with Crippen molar-refractivity contribution in [1.29, 1.82) is 0 Å². The minimum absolute atomic E-state index is 0.0913. The molecule has 2 aromatic carbocycles. The molecule has 2 heteroatoms. The van der Waals surface area contributed by atoms with Crippen LogP contribution in [0.25, 0.3) is 11.1 Å². The third-order valence-corrected chi connectivity index (χ3v) is 2.08. The molecular formula is C12H10O2. The molecule has 2 aromatic rings. The highest BCUT2D eigenvalue weighted by atomic mass is 16.3. The molecule has 0 amide bonds. The van der Waals surface area contributed by atoms with Gasteiger partial charge in [0.15, 0.2) is 11.5 Å². The van der Waals surface area contributed by atoms with Crippen molar-refractivity contribution in [3.63, 3.8) is 0 Å². The molecule has 0 aliphatic carbocycles. The molecule has 0 radical (unpaired) electrons. The molecule has 0 aromatic heterocycles. The van der Waals surface area contributed by atoms with Crippen molar-refractivity contribution in [1.82, 2.24) is 0 Å². The Bertz CT molecular complexity index is 435. The van der Waals surface area contributed by atoms with Gasteiger partial charge in [-0.25, -0.2) is 0 Å². The van der Waals surface area contributed by atoms with Crippen molar-refractivity contribution in [3.05, 3.63) is 48.5 Å². The van der Waals surface area contributed by atoms with E-state index in [9.17, 15) is 5.11 Å². The topological polar surface area (TPSA) is 40.5 Å². The molecule has 0 atom stereocenters. The highest BCUT2D eigenvalue weighted by molar-refractivity contribution is 5.66. The van der Waals surface area contributed by atoms with E-state index < -0.39 is 0 Å². The third-order valence-electron chi connectivity index (χ3n) is 2.08. The fraction of sp³-hybridized carbons (Fsp3) is 0. The summed E-state index contributed by atoms with van der Waals surface area (Å²) in [5, 5.41) is 18.5. The van der Waals surface area contributed by atoms with Crippen molar-refractivity contribution in [2.24, 2.45) is 0 Å². The average Bonchev–Trinajstić information content (AvgIpc) is 2.23. The van der Waals surface area contributed by atoms with Crippen LogP contribution < -0.4 is 0 Å². The van der Waals surface area contributed by atoms with Crippen molar-refractivity contribution in [2.45, 2.75) is 0 Å². The molecule has 0 saturated heterocycles. The molecule has 14 heavy (non-hydrogen) atoms. The zero-order valence-corrected chi connectivity index (χ0v) is 7.51. The minimum Gasteiger partial charge on any atom is -0.504 e. The Labute approximate surface area is 82.1 Å². The summed E-state index contributed by atoms with van der Waals surface area (Å²) in [6, 6.07) is 14.5. The van der Waals surface area contributed by atoms with Crippen LogP contribution in [-0.2, 0) is 0 Å². The number of phenolic OH excluding ortho intramolecular Hbond substituents is 2. The van der Waals surface area contributed by atoms with Crippen LogP contribution in [-0.4, -0.2) is 10.2 Å². The van der Waals surface area contributed by atoms with Gasteiger partial charge in [0.2, 0.25) is 0 Å². The predicted molar refractivity (Wildman–Crippen MR) is 55.2 cm³/mol. The summed E-state index contributed by atoms with van der Waals surface area (Å²) in [6.07, 6.45) is 0. The van der Waals surface area contributed by atoms with Gasteiger partial charge in [0.1, 0.15) is 0 Å². The minimum atomic E-state index is -0.0929. The Balaban J connectivity index is 2.48. The highest BCUT2D eigenvalue weighted by Gasteiger charge is 2.01. The maximum Gasteiger partial charge on any atom is 0.158 e.